The molecule has 0 aromatic rings. The summed E-state index contributed by atoms with van der Waals surface area (Å²) in [6.45, 7) is 5.94. The Kier molecular flexibility index (Phi) is 7.09. The van der Waals surface area contributed by atoms with Crippen molar-refractivity contribution in [3.8, 4) is 0 Å². The zero-order chi connectivity index (χ0) is 13.4. The van der Waals surface area contributed by atoms with Gasteiger partial charge in [0.15, 0.2) is 0 Å². The van der Waals surface area contributed by atoms with E-state index in [4.69, 9.17) is 5.11 Å². The standard InChI is InChI=1S/C14H28N2O2/c1-11-4-3-5-13(8-11)10-16-14(18)15-9-12(2)6-7-17/h11-13,17H,3-10H2,1-2H3,(H2,15,16,18). The second kappa shape index (κ2) is 8.35. The third-order valence-electron chi connectivity index (χ3n) is 3.83. The van der Waals surface area contributed by atoms with E-state index in [0.29, 0.717) is 18.4 Å². The van der Waals surface area contributed by atoms with Crippen LogP contribution in [0.2, 0.25) is 0 Å². The van der Waals surface area contributed by atoms with Crippen LogP contribution in [0.5, 0.6) is 0 Å². The topological polar surface area (TPSA) is 61.4 Å². The molecule has 0 aromatic carbocycles. The molecule has 3 unspecified atom stereocenters. The number of urea groups is 1. The Morgan fingerprint density at radius 1 is 1.39 bits per heavy atom. The lowest BCUT2D eigenvalue weighted by atomic mass is 9.82. The molecule has 0 spiro atoms. The Bertz CT molecular complexity index is 246. The fourth-order valence-corrected chi connectivity index (χ4v) is 2.63. The van der Waals surface area contributed by atoms with E-state index in [0.717, 1.165) is 18.9 Å². The van der Waals surface area contributed by atoms with Gasteiger partial charge in [-0.2, -0.15) is 0 Å². The largest absolute Gasteiger partial charge is 0.396 e. The number of carbonyl (C=O) groups excluding carboxylic acids is 1. The molecule has 1 rings (SSSR count). The van der Waals surface area contributed by atoms with Crippen molar-refractivity contribution in [2.75, 3.05) is 19.7 Å². The third-order valence-corrected chi connectivity index (χ3v) is 3.83. The minimum atomic E-state index is -0.0713. The molecule has 3 N–H and O–H groups in total. The van der Waals surface area contributed by atoms with Crippen molar-refractivity contribution >= 4 is 6.03 Å². The highest BCUT2D eigenvalue weighted by Gasteiger charge is 2.19. The summed E-state index contributed by atoms with van der Waals surface area (Å²) < 4.78 is 0. The molecule has 0 radical (unpaired) electrons. The first-order valence-electron chi connectivity index (χ1n) is 7.24. The first-order valence-corrected chi connectivity index (χ1v) is 7.24. The molecule has 3 atom stereocenters. The zero-order valence-electron chi connectivity index (χ0n) is 11.7. The molecule has 4 nitrogen and oxygen atoms in total. The van der Waals surface area contributed by atoms with Crippen molar-refractivity contribution in [2.24, 2.45) is 17.8 Å². The minimum absolute atomic E-state index is 0.0713. The summed E-state index contributed by atoms with van der Waals surface area (Å²) >= 11 is 0. The van der Waals surface area contributed by atoms with Crippen molar-refractivity contribution in [1.82, 2.24) is 10.6 Å². The molecular weight excluding hydrogens is 228 g/mol. The predicted octanol–water partition coefficient (Wildman–Crippen LogP) is 2.13. The molecule has 1 aliphatic rings. The van der Waals surface area contributed by atoms with Gasteiger partial charge in [0.25, 0.3) is 0 Å². The summed E-state index contributed by atoms with van der Waals surface area (Å²) in [6.07, 6.45) is 5.84. The highest BCUT2D eigenvalue weighted by molar-refractivity contribution is 5.73. The Morgan fingerprint density at radius 2 is 2.17 bits per heavy atom. The van der Waals surface area contributed by atoms with Crippen LogP contribution in [0.3, 0.4) is 0 Å². The summed E-state index contributed by atoms with van der Waals surface area (Å²) in [6, 6.07) is -0.0713. The molecule has 106 valence electrons. The summed E-state index contributed by atoms with van der Waals surface area (Å²) in [7, 11) is 0. The van der Waals surface area contributed by atoms with Gasteiger partial charge in [-0.3, -0.25) is 0 Å². The predicted molar refractivity (Wildman–Crippen MR) is 73.4 cm³/mol. The summed E-state index contributed by atoms with van der Waals surface area (Å²) in [5.74, 6) is 1.78. The Balaban J connectivity index is 2.09. The van der Waals surface area contributed by atoms with Crippen molar-refractivity contribution in [3.05, 3.63) is 0 Å². The Hall–Kier alpha value is -0.770. The van der Waals surface area contributed by atoms with Gasteiger partial charge >= 0.3 is 6.03 Å². The van der Waals surface area contributed by atoms with Crippen molar-refractivity contribution in [2.45, 2.75) is 46.0 Å². The molecule has 1 fully saturated rings. The number of amides is 2. The van der Waals surface area contributed by atoms with Gasteiger partial charge in [-0.15, -0.1) is 0 Å². The summed E-state index contributed by atoms with van der Waals surface area (Å²) in [4.78, 5) is 11.6. The van der Waals surface area contributed by atoms with Crippen LogP contribution in [0.4, 0.5) is 4.79 Å². The summed E-state index contributed by atoms with van der Waals surface area (Å²) in [5.41, 5.74) is 0. The van der Waals surface area contributed by atoms with Gasteiger partial charge in [0.05, 0.1) is 0 Å². The average molecular weight is 256 g/mol. The van der Waals surface area contributed by atoms with E-state index >= 15 is 0 Å². The van der Waals surface area contributed by atoms with Gasteiger partial charge in [-0.1, -0.05) is 26.7 Å². The highest BCUT2D eigenvalue weighted by atomic mass is 16.3. The van der Waals surface area contributed by atoms with Gasteiger partial charge in [0.2, 0.25) is 0 Å². The molecule has 0 aliphatic heterocycles. The molecule has 1 aliphatic carbocycles. The molecule has 0 bridgehead atoms. The number of aliphatic hydroxyl groups excluding tert-OH is 1. The lowest BCUT2D eigenvalue weighted by Gasteiger charge is -2.26. The number of nitrogens with one attached hydrogen (secondary N) is 2. The van der Waals surface area contributed by atoms with Gasteiger partial charge < -0.3 is 15.7 Å². The van der Waals surface area contributed by atoms with E-state index in [2.05, 4.69) is 17.6 Å². The van der Waals surface area contributed by atoms with Crippen molar-refractivity contribution in [3.63, 3.8) is 0 Å². The van der Waals surface area contributed by atoms with Gasteiger partial charge in [0, 0.05) is 19.7 Å². The van der Waals surface area contributed by atoms with E-state index in [1.807, 2.05) is 6.92 Å². The monoisotopic (exact) mass is 256 g/mol. The molecule has 0 heterocycles. The minimum Gasteiger partial charge on any atom is -0.396 e. The van der Waals surface area contributed by atoms with Crippen LogP contribution in [-0.4, -0.2) is 30.8 Å². The Morgan fingerprint density at radius 3 is 2.83 bits per heavy atom. The molecule has 4 heteroatoms. The van der Waals surface area contributed by atoms with Gasteiger partial charge in [-0.25, -0.2) is 4.79 Å². The van der Waals surface area contributed by atoms with Crippen molar-refractivity contribution < 1.29 is 9.90 Å². The molecular formula is C14H28N2O2. The SMILES string of the molecule is CC(CCO)CNC(=O)NCC1CCCC(C)C1. The molecule has 0 aromatic heterocycles. The maximum Gasteiger partial charge on any atom is 0.314 e. The van der Waals surface area contributed by atoms with E-state index in [1.165, 1.54) is 25.7 Å². The van der Waals surface area contributed by atoms with E-state index < -0.39 is 0 Å². The smallest absolute Gasteiger partial charge is 0.314 e. The van der Waals surface area contributed by atoms with Gasteiger partial charge in [-0.05, 0) is 37.0 Å². The Labute approximate surface area is 111 Å². The van der Waals surface area contributed by atoms with E-state index in [-0.39, 0.29) is 12.6 Å². The number of hydrogen-bond donors (Lipinski definition) is 3. The van der Waals surface area contributed by atoms with Crippen molar-refractivity contribution in [1.29, 1.82) is 0 Å². The first kappa shape index (κ1) is 15.3. The lowest BCUT2D eigenvalue weighted by Crippen LogP contribution is -2.40. The van der Waals surface area contributed by atoms with Gasteiger partial charge in [0.1, 0.15) is 0 Å². The van der Waals surface area contributed by atoms with E-state index in [9.17, 15) is 4.79 Å². The maximum absolute atomic E-state index is 11.6. The normalized spacial score (nSPS) is 25.5. The molecule has 18 heavy (non-hydrogen) atoms. The van der Waals surface area contributed by atoms with Crippen LogP contribution in [0.25, 0.3) is 0 Å². The fraction of sp³-hybridized carbons (Fsp3) is 0.929. The van der Waals surface area contributed by atoms with E-state index in [1.54, 1.807) is 0 Å². The summed E-state index contributed by atoms with van der Waals surface area (Å²) in [5, 5.41) is 14.6. The average Bonchev–Trinajstić information content (AvgIpc) is 2.34. The van der Waals surface area contributed by atoms with Crippen LogP contribution >= 0.6 is 0 Å². The quantitative estimate of drug-likeness (QED) is 0.682. The zero-order valence-corrected chi connectivity index (χ0v) is 11.7. The first-order chi connectivity index (χ1) is 8.61. The van der Waals surface area contributed by atoms with Crippen LogP contribution < -0.4 is 10.6 Å². The fourth-order valence-electron chi connectivity index (χ4n) is 2.63. The lowest BCUT2D eigenvalue weighted by molar-refractivity contribution is 0.226. The second-order valence-electron chi connectivity index (χ2n) is 5.85. The highest BCUT2D eigenvalue weighted by Crippen LogP contribution is 2.27. The molecule has 1 saturated carbocycles. The third kappa shape index (κ3) is 6.24. The van der Waals surface area contributed by atoms with Crippen LogP contribution in [-0.2, 0) is 0 Å². The number of hydrogen-bond acceptors (Lipinski definition) is 2. The molecule has 0 saturated heterocycles. The number of aliphatic hydroxyl groups is 1. The van der Waals surface area contributed by atoms with Crippen LogP contribution in [0.15, 0.2) is 0 Å². The molecule has 2 amide bonds. The maximum atomic E-state index is 11.6. The van der Waals surface area contributed by atoms with Crippen LogP contribution in [0, 0.1) is 17.8 Å². The van der Waals surface area contributed by atoms with Crippen LogP contribution in [0.1, 0.15) is 46.0 Å². The number of carbonyl (C=O) groups is 1. The second-order valence-corrected chi connectivity index (χ2v) is 5.85. The number of rotatable bonds is 6.